The Morgan fingerprint density at radius 2 is 1.93 bits per heavy atom. The number of hydrogen-bond donors (Lipinski definition) is 4. The van der Waals surface area contributed by atoms with E-state index in [0.29, 0.717) is 10.7 Å². The maximum Gasteiger partial charge on any atom is 0.277 e. The molecule has 2 rings (SSSR count). The number of aliphatic hydroxyl groups excluding tert-OH is 2. The Bertz CT molecular complexity index is 826. The number of anilines is 2. The Morgan fingerprint density at radius 1 is 1.22 bits per heavy atom. The molecule has 0 spiro atoms. The van der Waals surface area contributed by atoms with Crippen molar-refractivity contribution in [2.75, 3.05) is 18.5 Å². The summed E-state index contributed by atoms with van der Waals surface area (Å²) in [4.78, 5) is 17.2. The van der Waals surface area contributed by atoms with Gasteiger partial charge in [0.1, 0.15) is 0 Å². The van der Waals surface area contributed by atoms with Crippen LogP contribution >= 0.6 is 34.2 Å². The van der Waals surface area contributed by atoms with E-state index in [1.165, 1.54) is 0 Å². The van der Waals surface area contributed by atoms with Gasteiger partial charge in [-0.1, -0.05) is 11.6 Å². The molecule has 0 aliphatic heterocycles. The molecule has 2 aromatic carbocycles. The van der Waals surface area contributed by atoms with E-state index >= 15 is 0 Å². The van der Waals surface area contributed by atoms with Gasteiger partial charge in [-0.15, -0.1) is 0 Å². The number of rotatable bonds is 8. The van der Waals surface area contributed by atoms with Crippen LogP contribution in [-0.2, 0) is 4.84 Å². The third-order valence-corrected chi connectivity index (χ3v) is 4.42. The van der Waals surface area contributed by atoms with Gasteiger partial charge in [-0.25, -0.2) is 14.3 Å². The zero-order valence-corrected chi connectivity index (χ0v) is 16.7. The quantitative estimate of drug-likeness (QED) is 0.247. The summed E-state index contributed by atoms with van der Waals surface area (Å²) in [5.41, 5.74) is 2.28. The van der Waals surface area contributed by atoms with Gasteiger partial charge >= 0.3 is 0 Å². The topological polar surface area (TPSA) is 90.8 Å². The lowest BCUT2D eigenvalue weighted by Gasteiger charge is -2.14. The Kier molecular flexibility index (Phi) is 8.17. The van der Waals surface area contributed by atoms with Crippen LogP contribution in [0.4, 0.5) is 20.2 Å². The van der Waals surface area contributed by atoms with Crippen LogP contribution in [0.3, 0.4) is 0 Å². The summed E-state index contributed by atoms with van der Waals surface area (Å²) < 4.78 is 28.2. The fourth-order valence-electron chi connectivity index (χ4n) is 2.03. The second-order valence-electron chi connectivity index (χ2n) is 5.47. The van der Waals surface area contributed by atoms with E-state index in [1.807, 2.05) is 0 Å². The number of halogens is 4. The molecular formula is C17H16ClF2IN2O4. The van der Waals surface area contributed by atoms with Crippen molar-refractivity contribution in [3.63, 3.8) is 0 Å². The molecule has 146 valence electrons. The SMILES string of the molecule is O=C(NOCCC(O)CO)c1cc(F)c(F)cc1Nc1ccc(I)cc1Cl. The van der Waals surface area contributed by atoms with E-state index in [0.717, 1.165) is 15.7 Å². The maximum atomic E-state index is 13.7. The van der Waals surface area contributed by atoms with Crippen molar-refractivity contribution in [2.45, 2.75) is 12.5 Å². The highest BCUT2D eigenvalue weighted by Gasteiger charge is 2.17. The van der Waals surface area contributed by atoms with Crippen molar-refractivity contribution in [2.24, 2.45) is 0 Å². The predicted molar refractivity (Wildman–Crippen MR) is 105 cm³/mol. The fraction of sp³-hybridized carbons (Fsp3) is 0.235. The van der Waals surface area contributed by atoms with Gasteiger partial charge in [0, 0.05) is 16.1 Å². The third kappa shape index (κ3) is 6.25. The minimum absolute atomic E-state index is 0.00602. The number of carbonyl (C=O) groups is 1. The number of amides is 1. The van der Waals surface area contributed by atoms with Gasteiger partial charge in [-0.2, -0.15) is 0 Å². The molecule has 10 heteroatoms. The lowest BCUT2D eigenvalue weighted by atomic mass is 10.1. The summed E-state index contributed by atoms with van der Waals surface area (Å²) in [6, 6.07) is 6.64. The van der Waals surface area contributed by atoms with Crippen LogP contribution in [-0.4, -0.2) is 35.4 Å². The van der Waals surface area contributed by atoms with Crippen molar-refractivity contribution in [1.82, 2.24) is 5.48 Å². The van der Waals surface area contributed by atoms with Gasteiger partial charge < -0.3 is 15.5 Å². The molecule has 0 saturated carbocycles. The Labute approximate surface area is 172 Å². The van der Waals surface area contributed by atoms with Gasteiger partial charge in [0.25, 0.3) is 5.91 Å². The minimum atomic E-state index is -1.20. The molecule has 1 unspecified atom stereocenters. The number of nitrogens with one attached hydrogen (secondary N) is 2. The lowest BCUT2D eigenvalue weighted by Crippen LogP contribution is -2.27. The van der Waals surface area contributed by atoms with Crippen LogP contribution < -0.4 is 10.8 Å². The molecule has 0 aliphatic rings. The molecule has 0 aromatic heterocycles. The van der Waals surface area contributed by atoms with Gasteiger partial charge in [0.2, 0.25) is 0 Å². The van der Waals surface area contributed by atoms with Crippen LogP contribution in [0.2, 0.25) is 5.02 Å². The lowest BCUT2D eigenvalue weighted by molar-refractivity contribution is 0.00704. The number of benzene rings is 2. The van der Waals surface area contributed by atoms with Gasteiger partial charge in [-0.3, -0.25) is 9.63 Å². The number of hydroxylamine groups is 1. The predicted octanol–water partition coefficient (Wildman–Crippen LogP) is 3.37. The highest BCUT2D eigenvalue weighted by Crippen LogP contribution is 2.30. The highest BCUT2D eigenvalue weighted by molar-refractivity contribution is 14.1. The molecule has 0 heterocycles. The Morgan fingerprint density at radius 3 is 2.59 bits per heavy atom. The first kappa shape index (κ1) is 21.8. The van der Waals surface area contributed by atoms with E-state index in [1.54, 1.807) is 18.2 Å². The van der Waals surface area contributed by atoms with Crippen molar-refractivity contribution in [3.05, 3.63) is 56.1 Å². The molecule has 1 atom stereocenters. The van der Waals surface area contributed by atoms with Crippen molar-refractivity contribution in [1.29, 1.82) is 0 Å². The summed E-state index contributed by atoms with van der Waals surface area (Å²) >= 11 is 8.19. The largest absolute Gasteiger partial charge is 0.394 e. The zero-order chi connectivity index (χ0) is 20.0. The summed E-state index contributed by atoms with van der Waals surface area (Å²) in [6.45, 7) is -0.520. The molecule has 0 radical (unpaired) electrons. The molecule has 1 amide bonds. The number of carbonyl (C=O) groups excluding carboxylic acids is 1. The van der Waals surface area contributed by atoms with Crippen LogP contribution in [0.25, 0.3) is 0 Å². The standard InChI is InChI=1S/C17H16ClF2IN2O4/c18-12-5-9(21)1-2-15(12)22-16-7-14(20)13(19)6-11(16)17(26)23-27-4-3-10(25)8-24/h1-2,5-7,10,22,24-25H,3-4,8H2,(H,23,26). The highest BCUT2D eigenvalue weighted by atomic mass is 127. The van der Waals surface area contributed by atoms with E-state index in [-0.39, 0.29) is 24.3 Å². The fourth-order valence-corrected chi connectivity index (χ4v) is 2.93. The number of hydrogen-bond acceptors (Lipinski definition) is 5. The molecule has 0 fully saturated rings. The van der Waals surface area contributed by atoms with Gasteiger partial charge in [0.15, 0.2) is 11.6 Å². The van der Waals surface area contributed by atoms with Crippen LogP contribution in [0.15, 0.2) is 30.3 Å². The smallest absolute Gasteiger partial charge is 0.277 e. The maximum absolute atomic E-state index is 13.7. The van der Waals surface area contributed by atoms with Crippen LogP contribution in [0, 0.1) is 15.2 Å². The normalized spacial score (nSPS) is 11.9. The first-order chi connectivity index (χ1) is 12.8. The van der Waals surface area contributed by atoms with E-state index in [2.05, 4.69) is 33.4 Å². The second kappa shape index (κ2) is 10.1. The summed E-state index contributed by atoms with van der Waals surface area (Å²) in [5, 5.41) is 21.1. The van der Waals surface area contributed by atoms with Gasteiger partial charge in [0.05, 0.1) is 41.3 Å². The average molecular weight is 513 g/mol. The summed E-state index contributed by atoms with van der Waals surface area (Å²) in [5.74, 6) is -3.16. The zero-order valence-electron chi connectivity index (χ0n) is 13.8. The Balaban J connectivity index is 2.17. The van der Waals surface area contributed by atoms with Gasteiger partial charge in [-0.05, 0) is 46.9 Å². The summed E-state index contributed by atoms with van der Waals surface area (Å²) in [7, 11) is 0. The minimum Gasteiger partial charge on any atom is -0.394 e. The van der Waals surface area contributed by atoms with E-state index in [9.17, 15) is 18.7 Å². The molecule has 4 N–H and O–H groups in total. The molecule has 0 aliphatic carbocycles. The molecule has 0 bridgehead atoms. The Hall–Kier alpha value is -1.53. The number of aliphatic hydroxyl groups is 2. The van der Waals surface area contributed by atoms with Crippen molar-refractivity contribution in [3.8, 4) is 0 Å². The molecule has 6 nitrogen and oxygen atoms in total. The van der Waals surface area contributed by atoms with Crippen molar-refractivity contribution >= 4 is 51.5 Å². The molecular weight excluding hydrogens is 497 g/mol. The molecule has 27 heavy (non-hydrogen) atoms. The van der Waals surface area contributed by atoms with E-state index < -0.39 is 30.3 Å². The first-order valence-electron chi connectivity index (χ1n) is 7.74. The molecule has 2 aromatic rings. The second-order valence-corrected chi connectivity index (χ2v) is 7.12. The average Bonchev–Trinajstić information content (AvgIpc) is 2.63. The third-order valence-electron chi connectivity index (χ3n) is 3.43. The summed E-state index contributed by atoms with van der Waals surface area (Å²) in [6.07, 6.45) is -0.900. The molecule has 0 saturated heterocycles. The van der Waals surface area contributed by atoms with Crippen LogP contribution in [0.1, 0.15) is 16.8 Å². The van der Waals surface area contributed by atoms with Crippen LogP contribution in [0.5, 0.6) is 0 Å². The van der Waals surface area contributed by atoms with Crippen molar-refractivity contribution < 1.29 is 28.6 Å². The monoisotopic (exact) mass is 512 g/mol. The first-order valence-corrected chi connectivity index (χ1v) is 9.19. The van der Waals surface area contributed by atoms with E-state index in [4.69, 9.17) is 21.5 Å².